The van der Waals surface area contributed by atoms with Gasteiger partial charge in [-0.1, -0.05) is 36.9 Å². The molecule has 0 saturated heterocycles. The van der Waals surface area contributed by atoms with Crippen molar-refractivity contribution in [1.82, 2.24) is 10.2 Å². The Morgan fingerprint density at radius 1 is 1.21 bits per heavy atom. The van der Waals surface area contributed by atoms with Gasteiger partial charge in [0.25, 0.3) is 11.8 Å². The van der Waals surface area contributed by atoms with Crippen LogP contribution in [0.1, 0.15) is 31.0 Å². The zero-order chi connectivity index (χ0) is 21.0. The molecule has 1 atom stereocenters. The molecular weight excluding hydrogens is 382 g/mol. The quantitative estimate of drug-likeness (QED) is 0.710. The average molecular weight is 406 g/mol. The zero-order valence-electron chi connectivity index (χ0n) is 16.4. The molecule has 148 valence electrons. The number of allylic oxidation sites excluding steroid dienone is 3. The minimum Gasteiger partial charge on any atom is -0.364 e. The van der Waals surface area contributed by atoms with E-state index >= 15 is 0 Å². The Morgan fingerprint density at radius 2 is 1.93 bits per heavy atom. The van der Waals surface area contributed by atoms with E-state index in [0.29, 0.717) is 17.0 Å². The van der Waals surface area contributed by atoms with E-state index < -0.39 is 5.91 Å². The standard InChI is InChI=1S/C23H23N3O2S/c1-15(19-11-13-29-14-19)21(22(24)27)26-12-7-10-20(17(26)3)23(28)25-16(2)18-8-5-4-6-9-18/h4-14,16H,3H2,1-2H3,(H2,24,27)(H,25,28)/b21-15+. The van der Waals surface area contributed by atoms with Gasteiger partial charge in [-0.15, -0.1) is 0 Å². The van der Waals surface area contributed by atoms with Crippen molar-refractivity contribution in [3.8, 4) is 0 Å². The lowest BCUT2D eigenvalue weighted by molar-refractivity contribution is -0.118. The summed E-state index contributed by atoms with van der Waals surface area (Å²) >= 11 is 1.53. The molecule has 29 heavy (non-hydrogen) atoms. The van der Waals surface area contributed by atoms with Crippen molar-refractivity contribution >= 4 is 28.7 Å². The van der Waals surface area contributed by atoms with Crippen molar-refractivity contribution in [1.29, 1.82) is 0 Å². The molecule has 2 amide bonds. The molecule has 3 N–H and O–H groups in total. The summed E-state index contributed by atoms with van der Waals surface area (Å²) in [6.45, 7) is 7.80. The van der Waals surface area contributed by atoms with Crippen molar-refractivity contribution in [2.45, 2.75) is 19.9 Å². The molecule has 6 heteroatoms. The van der Waals surface area contributed by atoms with Gasteiger partial charge in [0.15, 0.2) is 0 Å². The van der Waals surface area contributed by atoms with Crippen LogP contribution in [0.3, 0.4) is 0 Å². The van der Waals surface area contributed by atoms with Crippen LogP contribution in [0.5, 0.6) is 0 Å². The van der Waals surface area contributed by atoms with Gasteiger partial charge in [0, 0.05) is 6.20 Å². The van der Waals surface area contributed by atoms with Crippen LogP contribution in [0, 0.1) is 0 Å². The number of benzene rings is 1. The van der Waals surface area contributed by atoms with Crippen LogP contribution in [-0.2, 0) is 9.59 Å². The van der Waals surface area contributed by atoms with E-state index in [2.05, 4.69) is 11.9 Å². The summed E-state index contributed by atoms with van der Waals surface area (Å²) in [4.78, 5) is 26.7. The number of carbonyl (C=O) groups is 2. The highest BCUT2D eigenvalue weighted by atomic mass is 32.1. The van der Waals surface area contributed by atoms with E-state index in [-0.39, 0.29) is 11.9 Å². The maximum absolute atomic E-state index is 12.9. The SMILES string of the molecule is C=C1C(C(=O)NC(C)c2ccccc2)=CC=CN1/C(C(N)=O)=C(\C)c1ccsc1. The Bertz CT molecular complexity index is 1020. The first-order valence-corrected chi connectivity index (χ1v) is 10.1. The van der Waals surface area contributed by atoms with Crippen molar-refractivity contribution in [3.63, 3.8) is 0 Å². The second-order valence-corrected chi connectivity index (χ2v) is 7.47. The molecule has 1 unspecified atom stereocenters. The van der Waals surface area contributed by atoms with Gasteiger partial charge >= 0.3 is 0 Å². The summed E-state index contributed by atoms with van der Waals surface area (Å²) in [7, 11) is 0. The maximum Gasteiger partial charge on any atom is 0.265 e. The Labute approximate surface area is 174 Å². The number of thiophene rings is 1. The molecule has 0 spiro atoms. The lowest BCUT2D eigenvalue weighted by atomic mass is 10.0. The van der Waals surface area contributed by atoms with E-state index in [1.54, 1.807) is 23.3 Å². The van der Waals surface area contributed by atoms with E-state index in [1.165, 1.54) is 11.3 Å². The molecule has 0 radical (unpaired) electrons. The topological polar surface area (TPSA) is 75.4 Å². The molecule has 0 fully saturated rings. The number of nitrogens with one attached hydrogen (secondary N) is 1. The van der Waals surface area contributed by atoms with Crippen molar-refractivity contribution in [2.75, 3.05) is 0 Å². The summed E-state index contributed by atoms with van der Waals surface area (Å²) in [6, 6.07) is 11.5. The highest BCUT2D eigenvalue weighted by Crippen LogP contribution is 2.30. The first-order valence-electron chi connectivity index (χ1n) is 9.16. The number of nitrogens with zero attached hydrogens (tertiary/aromatic N) is 1. The number of nitrogens with two attached hydrogens (primary N) is 1. The van der Waals surface area contributed by atoms with Crippen molar-refractivity contribution in [3.05, 3.63) is 100 Å². The number of amides is 2. The van der Waals surface area contributed by atoms with Crippen LogP contribution in [0.2, 0.25) is 0 Å². The normalized spacial score (nSPS) is 15.4. The Morgan fingerprint density at radius 3 is 2.55 bits per heavy atom. The summed E-state index contributed by atoms with van der Waals surface area (Å²) < 4.78 is 0. The Kier molecular flexibility index (Phi) is 6.14. The largest absolute Gasteiger partial charge is 0.364 e. The summed E-state index contributed by atoms with van der Waals surface area (Å²) in [6.07, 6.45) is 5.08. The third-order valence-electron chi connectivity index (χ3n) is 4.78. The van der Waals surface area contributed by atoms with Gasteiger partial charge in [0.1, 0.15) is 5.70 Å². The molecule has 0 saturated carbocycles. The van der Waals surface area contributed by atoms with Gasteiger partial charge in [-0.05, 0) is 59.5 Å². The third-order valence-corrected chi connectivity index (χ3v) is 5.46. The Balaban J connectivity index is 1.85. The summed E-state index contributed by atoms with van der Waals surface area (Å²) in [5.74, 6) is -0.850. The molecule has 1 aliphatic heterocycles. The van der Waals surface area contributed by atoms with Crippen LogP contribution >= 0.6 is 11.3 Å². The van der Waals surface area contributed by atoms with E-state index in [9.17, 15) is 9.59 Å². The van der Waals surface area contributed by atoms with Crippen LogP contribution in [0.25, 0.3) is 5.57 Å². The molecule has 5 nitrogen and oxygen atoms in total. The second-order valence-electron chi connectivity index (χ2n) is 6.69. The number of rotatable bonds is 6. The number of hydrogen-bond acceptors (Lipinski definition) is 4. The molecule has 0 bridgehead atoms. The van der Waals surface area contributed by atoms with Crippen LogP contribution in [0.15, 0.2) is 89.1 Å². The molecular formula is C23H23N3O2S. The average Bonchev–Trinajstić information content (AvgIpc) is 3.24. The van der Waals surface area contributed by atoms with Crippen LogP contribution in [-0.4, -0.2) is 16.7 Å². The molecule has 1 aliphatic rings. The number of hydrogen-bond donors (Lipinski definition) is 2. The fraction of sp³-hybridized carbons (Fsp3) is 0.130. The van der Waals surface area contributed by atoms with Gasteiger partial charge < -0.3 is 16.0 Å². The number of carbonyl (C=O) groups excluding carboxylic acids is 2. The summed E-state index contributed by atoms with van der Waals surface area (Å²) in [5.41, 5.74) is 9.39. The molecule has 1 aromatic carbocycles. The first kappa shape index (κ1) is 20.4. The zero-order valence-corrected chi connectivity index (χ0v) is 17.2. The van der Waals surface area contributed by atoms with Gasteiger partial charge in [0.2, 0.25) is 0 Å². The van der Waals surface area contributed by atoms with Gasteiger partial charge in [-0.3, -0.25) is 9.59 Å². The number of primary amides is 1. The van der Waals surface area contributed by atoms with Crippen molar-refractivity contribution < 1.29 is 9.59 Å². The maximum atomic E-state index is 12.9. The summed E-state index contributed by atoms with van der Waals surface area (Å²) in [5, 5.41) is 6.86. The van der Waals surface area contributed by atoms with Gasteiger partial charge in [-0.25, -0.2) is 0 Å². The minimum atomic E-state index is -0.584. The second kappa shape index (κ2) is 8.75. The third kappa shape index (κ3) is 4.38. The fourth-order valence-electron chi connectivity index (χ4n) is 3.16. The monoisotopic (exact) mass is 405 g/mol. The van der Waals surface area contributed by atoms with E-state index in [4.69, 9.17) is 5.73 Å². The van der Waals surface area contributed by atoms with E-state index in [1.807, 2.05) is 61.0 Å². The van der Waals surface area contributed by atoms with Crippen LogP contribution in [0.4, 0.5) is 0 Å². The predicted molar refractivity (Wildman–Crippen MR) is 117 cm³/mol. The predicted octanol–water partition coefficient (Wildman–Crippen LogP) is 4.11. The first-order chi connectivity index (χ1) is 13.9. The Hall–Kier alpha value is -3.38. The molecule has 2 aromatic rings. The van der Waals surface area contributed by atoms with E-state index in [0.717, 1.165) is 16.7 Å². The lowest BCUT2D eigenvalue weighted by Gasteiger charge is -2.29. The highest BCUT2D eigenvalue weighted by Gasteiger charge is 2.26. The minimum absolute atomic E-state index is 0.171. The van der Waals surface area contributed by atoms with Gasteiger partial charge in [0.05, 0.1) is 17.3 Å². The van der Waals surface area contributed by atoms with Crippen molar-refractivity contribution in [2.24, 2.45) is 5.73 Å². The van der Waals surface area contributed by atoms with Gasteiger partial charge in [-0.2, -0.15) is 11.3 Å². The molecule has 3 rings (SSSR count). The van der Waals surface area contributed by atoms with Crippen LogP contribution < -0.4 is 11.1 Å². The fourth-order valence-corrected chi connectivity index (χ4v) is 3.86. The lowest BCUT2D eigenvalue weighted by Crippen LogP contribution is -2.35. The highest BCUT2D eigenvalue weighted by molar-refractivity contribution is 7.08. The molecule has 2 heterocycles. The molecule has 1 aromatic heterocycles. The molecule has 0 aliphatic carbocycles. The smallest absolute Gasteiger partial charge is 0.265 e.